The first-order valence-electron chi connectivity index (χ1n) is 7.46. The molecule has 4 nitrogen and oxygen atoms in total. The third-order valence-corrected chi connectivity index (χ3v) is 4.95. The van der Waals surface area contributed by atoms with Gasteiger partial charge in [-0.15, -0.1) is 11.3 Å². The summed E-state index contributed by atoms with van der Waals surface area (Å²) < 4.78 is 1.27. The molecule has 0 fully saturated rings. The molecule has 1 aromatic carbocycles. The van der Waals surface area contributed by atoms with Crippen LogP contribution in [0.2, 0.25) is 0 Å². The molecule has 0 aliphatic rings. The number of amides is 1. The second kappa shape index (κ2) is 7.40. The number of rotatable bonds is 7. The van der Waals surface area contributed by atoms with E-state index in [4.69, 9.17) is 5.11 Å². The zero-order valence-electron chi connectivity index (χ0n) is 12.8. The van der Waals surface area contributed by atoms with E-state index in [1.807, 2.05) is 12.1 Å². The van der Waals surface area contributed by atoms with Crippen LogP contribution in [0.1, 0.15) is 32.3 Å². The highest BCUT2D eigenvalue weighted by Gasteiger charge is 2.20. The molecule has 2 aromatic rings. The Bertz CT molecular complexity index is 665. The Balaban J connectivity index is 1.81. The highest BCUT2D eigenvalue weighted by molar-refractivity contribution is 7.17. The topological polar surface area (TPSA) is 66.4 Å². The van der Waals surface area contributed by atoms with Gasteiger partial charge in [-0.05, 0) is 49.1 Å². The van der Waals surface area contributed by atoms with Gasteiger partial charge in [0.1, 0.15) is 0 Å². The van der Waals surface area contributed by atoms with Gasteiger partial charge in [-0.25, -0.2) is 0 Å². The Hall–Kier alpha value is -1.88. The van der Waals surface area contributed by atoms with Crippen LogP contribution in [-0.4, -0.2) is 23.0 Å². The van der Waals surface area contributed by atoms with Crippen molar-refractivity contribution in [3.8, 4) is 0 Å². The molecule has 0 saturated heterocycles. The minimum Gasteiger partial charge on any atom is -0.481 e. The van der Waals surface area contributed by atoms with Crippen molar-refractivity contribution in [3.63, 3.8) is 0 Å². The van der Waals surface area contributed by atoms with Gasteiger partial charge in [-0.1, -0.05) is 18.2 Å². The number of carboxylic acids is 1. The zero-order chi connectivity index (χ0) is 16.1. The molecule has 0 aliphatic heterocycles. The largest absolute Gasteiger partial charge is 0.481 e. The van der Waals surface area contributed by atoms with Gasteiger partial charge in [0.05, 0.1) is 5.92 Å². The summed E-state index contributed by atoms with van der Waals surface area (Å²) in [6, 6.07) is 7.91. The van der Waals surface area contributed by atoms with Crippen LogP contribution in [0, 0.1) is 5.92 Å². The maximum atomic E-state index is 11.9. The number of hydrogen-bond acceptors (Lipinski definition) is 3. The molecule has 2 N–H and O–H groups in total. The first-order chi connectivity index (χ1) is 10.5. The number of thiophene rings is 1. The maximum absolute atomic E-state index is 11.9. The van der Waals surface area contributed by atoms with E-state index in [2.05, 4.69) is 22.8 Å². The number of aryl methyl sites for hydroxylation is 1. The first-order valence-corrected chi connectivity index (χ1v) is 8.34. The molecule has 118 valence electrons. The molecule has 2 atom stereocenters. The minimum atomic E-state index is -0.891. The van der Waals surface area contributed by atoms with Crippen LogP contribution >= 0.6 is 11.3 Å². The standard InChI is InChI=1S/C17H21NO3S/c1-11(17(20)21)12(2)18-16(19)9-5-6-13-10-22-15-8-4-3-7-14(13)15/h3-4,7-8,10-12H,5-6,9H2,1-2H3,(H,18,19)(H,20,21). The summed E-state index contributed by atoms with van der Waals surface area (Å²) in [5.41, 5.74) is 1.28. The number of aliphatic carboxylic acids is 1. The van der Waals surface area contributed by atoms with Crippen LogP contribution < -0.4 is 5.32 Å². The summed E-state index contributed by atoms with van der Waals surface area (Å²) in [6.07, 6.45) is 2.04. The van der Waals surface area contributed by atoms with Crippen LogP contribution in [0.25, 0.3) is 10.1 Å². The molecule has 5 heteroatoms. The van der Waals surface area contributed by atoms with Crippen molar-refractivity contribution in [1.29, 1.82) is 0 Å². The van der Waals surface area contributed by atoms with Crippen molar-refractivity contribution in [1.82, 2.24) is 5.32 Å². The van der Waals surface area contributed by atoms with Crippen LogP contribution in [0.4, 0.5) is 0 Å². The van der Waals surface area contributed by atoms with E-state index in [0.29, 0.717) is 6.42 Å². The molecule has 0 saturated carbocycles. The summed E-state index contributed by atoms with van der Waals surface area (Å²) in [7, 11) is 0. The molecule has 2 rings (SSSR count). The molecule has 2 unspecified atom stereocenters. The first kappa shape index (κ1) is 16.5. The van der Waals surface area contributed by atoms with E-state index in [-0.39, 0.29) is 11.9 Å². The van der Waals surface area contributed by atoms with E-state index in [9.17, 15) is 9.59 Å². The lowest BCUT2D eigenvalue weighted by atomic mass is 10.0. The summed E-state index contributed by atoms with van der Waals surface area (Å²) in [5, 5.41) is 15.1. The fraction of sp³-hybridized carbons (Fsp3) is 0.412. The lowest BCUT2D eigenvalue weighted by Gasteiger charge is -2.17. The maximum Gasteiger partial charge on any atom is 0.308 e. The number of benzene rings is 1. The van der Waals surface area contributed by atoms with Crippen LogP contribution in [-0.2, 0) is 16.0 Å². The fourth-order valence-corrected chi connectivity index (χ4v) is 3.33. The monoisotopic (exact) mass is 319 g/mol. The summed E-state index contributed by atoms with van der Waals surface area (Å²) in [5.74, 6) is -1.55. The highest BCUT2D eigenvalue weighted by atomic mass is 32.1. The molecule has 0 spiro atoms. The van der Waals surface area contributed by atoms with Crippen LogP contribution in [0.3, 0.4) is 0 Å². The zero-order valence-corrected chi connectivity index (χ0v) is 13.7. The van der Waals surface area contributed by atoms with Gasteiger partial charge in [-0.3, -0.25) is 9.59 Å². The van der Waals surface area contributed by atoms with E-state index < -0.39 is 11.9 Å². The SMILES string of the molecule is CC(NC(=O)CCCc1csc2ccccc12)C(C)C(=O)O. The smallest absolute Gasteiger partial charge is 0.308 e. The lowest BCUT2D eigenvalue weighted by Crippen LogP contribution is -2.39. The van der Waals surface area contributed by atoms with E-state index in [0.717, 1.165) is 12.8 Å². The van der Waals surface area contributed by atoms with Crippen molar-refractivity contribution >= 4 is 33.3 Å². The Kier molecular flexibility index (Phi) is 5.55. The second-order valence-corrected chi connectivity index (χ2v) is 6.50. The Morgan fingerprint density at radius 2 is 2.00 bits per heavy atom. The van der Waals surface area contributed by atoms with Crippen molar-refractivity contribution in [3.05, 3.63) is 35.2 Å². The Labute approximate surface area is 134 Å². The van der Waals surface area contributed by atoms with E-state index >= 15 is 0 Å². The molecule has 1 amide bonds. The second-order valence-electron chi connectivity index (χ2n) is 5.59. The molecule has 1 aromatic heterocycles. The molecule has 0 bridgehead atoms. The molecular weight excluding hydrogens is 298 g/mol. The van der Waals surface area contributed by atoms with Gasteiger partial charge in [0.15, 0.2) is 0 Å². The molecule has 0 radical (unpaired) electrons. The van der Waals surface area contributed by atoms with Gasteiger partial charge < -0.3 is 10.4 Å². The van der Waals surface area contributed by atoms with E-state index in [1.165, 1.54) is 15.6 Å². The number of hydrogen-bond donors (Lipinski definition) is 2. The molecule has 22 heavy (non-hydrogen) atoms. The van der Waals surface area contributed by atoms with Crippen molar-refractivity contribution in [2.45, 2.75) is 39.2 Å². The summed E-state index contributed by atoms with van der Waals surface area (Å²) in [4.78, 5) is 22.7. The third-order valence-electron chi connectivity index (χ3n) is 3.94. The van der Waals surface area contributed by atoms with Gasteiger partial charge in [0, 0.05) is 17.2 Å². The summed E-state index contributed by atoms with van der Waals surface area (Å²) in [6.45, 7) is 3.33. The number of fused-ring (bicyclic) bond motifs is 1. The lowest BCUT2D eigenvalue weighted by molar-refractivity contribution is -0.142. The van der Waals surface area contributed by atoms with Gasteiger partial charge in [0.25, 0.3) is 0 Å². The quantitative estimate of drug-likeness (QED) is 0.821. The van der Waals surface area contributed by atoms with Crippen molar-refractivity contribution < 1.29 is 14.7 Å². The van der Waals surface area contributed by atoms with Crippen molar-refractivity contribution in [2.24, 2.45) is 5.92 Å². The number of carbonyl (C=O) groups excluding carboxylic acids is 1. The average molecular weight is 319 g/mol. The molecule has 0 aliphatic carbocycles. The van der Waals surface area contributed by atoms with Crippen molar-refractivity contribution in [2.75, 3.05) is 0 Å². The van der Waals surface area contributed by atoms with Gasteiger partial charge in [0.2, 0.25) is 5.91 Å². The highest BCUT2D eigenvalue weighted by Crippen LogP contribution is 2.26. The number of carboxylic acid groups (broad SMARTS) is 1. The number of nitrogens with one attached hydrogen (secondary N) is 1. The van der Waals surface area contributed by atoms with Gasteiger partial charge >= 0.3 is 5.97 Å². The van der Waals surface area contributed by atoms with Crippen LogP contribution in [0.15, 0.2) is 29.6 Å². The number of carbonyl (C=O) groups is 2. The minimum absolute atomic E-state index is 0.0832. The molecular formula is C17H21NO3S. The Morgan fingerprint density at radius 1 is 1.27 bits per heavy atom. The summed E-state index contributed by atoms with van der Waals surface area (Å²) >= 11 is 1.72. The Morgan fingerprint density at radius 3 is 2.73 bits per heavy atom. The fourth-order valence-electron chi connectivity index (χ4n) is 2.33. The normalized spacial score (nSPS) is 13.7. The average Bonchev–Trinajstić information content (AvgIpc) is 2.89. The predicted molar refractivity (Wildman–Crippen MR) is 89.2 cm³/mol. The van der Waals surface area contributed by atoms with Gasteiger partial charge in [-0.2, -0.15) is 0 Å². The predicted octanol–water partition coefficient (Wildman–Crippen LogP) is 3.45. The molecule has 1 heterocycles. The third kappa shape index (κ3) is 4.07. The van der Waals surface area contributed by atoms with E-state index in [1.54, 1.807) is 25.2 Å². The van der Waals surface area contributed by atoms with Crippen LogP contribution in [0.5, 0.6) is 0 Å².